The molecular weight excluding hydrogens is 436 g/mol. The molecule has 4 aliphatic rings. The molecule has 4 rings (SSSR count). The molecule has 0 saturated heterocycles. The standard InChI is InChI=1S/C31H50O4/c1-19(2)9-8-10-20(3)25-11-12-26-24-18-29(35-22(5)33)28-17-23(34-21(4)32)13-15-31(28,7)27(24)14-16-30(25,26)6/h17,19-20,23-27,29H,8-16,18H2,1-7H3/t20-,23-,24-,25-,26-,27-,29-,30-,31-/m1/s1. The molecule has 0 aromatic rings. The van der Waals surface area contributed by atoms with Gasteiger partial charge >= 0.3 is 11.9 Å². The lowest BCUT2D eigenvalue weighted by Gasteiger charge is -2.60. The Morgan fingerprint density at radius 2 is 1.66 bits per heavy atom. The molecule has 0 unspecified atom stereocenters. The Morgan fingerprint density at radius 3 is 2.31 bits per heavy atom. The molecule has 0 spiro atoms. The summed E-state index contributed by atoms with van der Waals surface area (Å²) in [5.74, 6) is 3.93. The summed E-state index contributed by atoms with van der Waals surface area (Å²) in [6.45, 7) is 15.2. The van der Waals surface area contributed by atoms with Crippen LogP contribution >= 0.6 is 0 Å². The molecule has 4 heteroatoms. The van der Waals surface area contributed by atoms with Crippen LogP contribution in [0.25, 0.3) is 0 Å². The lowest BCUT2D eigenvalue weighted by Crippen LogP contribution is -2.55. The summed E-state index contributed by atoms with van der Waals surface area (Å²) in [5, 5.41) is 0. The summed E-state index contributed by atoms with van der Waals surface area (Å²) in [7, 11) is 0. The van der Waals surface area contributed by atoms with Crippen molar-refractivity contribution in [1.82, 2.24) is 0 Å². The van der Waals surface area contributed by atoms with Gasteiger partial charge in [-0.3, -0.25) is 9.59 Å². The van der Waals surface area contributed by atoms with Crippen molar-refractivity contribution in [3.05, 3.63) is 11.6 Å². The first-order valence-corrected chi connectivity index (χ1v) is 14.5. The molecule has 3 saturated carbocycles. The Hall–Kier alpha value is -1.32. The van der Waals surface area contributed by atoms with Crippen LogP contribution in [0.2, 0.25) is 0 Å². The van der Waals surface area contributed by atoms with E-state index < -0.39 is 0 Å². The first-order chi connectivity index (χ1) is 16.5. The number of fused-ring (bicyclic) bond motifs is 5. The molecule has 0 N–H and O–H groups in total. The van der Waals surface area contributed by atoms with E-state index >= 15 is 0 Å². The topological polar surface area (TPSA) is 52.6 Å². The van der Waals surface area contributed by atoms with Crippen molar-refractivity contribution in [1.29, 1.82) is 0 Å². The molecular formula is C31H50O4. The summed E-state index contributed by atoms with van der Waals surface area (Å²) in [6.07, 6.45) is 13.9. The van der Waals surface area contributed by atoms with Gasteiger partial charge < -0.3 is 9.47 Å². The van der Waals surface area contributed by atoms with Gasteiger partial charge in [0, 0.05) is 13.8 Å². The fourth-order valence-electron chi connectivity index (χ4n) is 9.36. The third-order valence-corrected chi connectivity index (χ3v) is 10.9. The Balaban J connectivity index is 1.58. The fourth-order valence-corrected chi connectivity index (χ4v) is 9.36. The molecule has 0 amide bonds. The van der Waals surface area contributed by atoms with Crippen LogP contribution < -0.4 is 0 Å². The minimum absolute atomic E-state index is 0.0297. The Bertz CT molecular complexity index is 830. The smallest absolute Gasteiger partial charge is 0.303 e. The molecule has 0 heterocycles. The van der Waals surface area contributed by atoms with Crippen LogP contribution in [0.3, 0.4) is 0 Å². The summed E-state index contributed by atoms with van der Waals surface area (Å²) in [4.78, 5) is 23.8. The highest BCUT2D eigenvalue weighted by Crippen LogP contribution is 2.68. The first kappa shape index (κ1) is 26.7. The third-order valence-electron chi connectivity index (χ3n) is 10.9. The lowest BCUT2D eigenvalue weighted by atomic mass is 9.46. The molecule has 4 nitrogen and oxygen atoms in total. The van der Waals surface area contributed by atoms with Crippen molar-refractivity contribution in [2.45, 2.75) is 125 Å². The third kappa shape index (κ3) is 5.10. The van der Waals surface area contributed by atoms with Crippen LogP contribution in [0.15, 0.2) is 11.6 Å². The molecule has 9 atom stereocenters. The largest absolute Gasteiger partial charge is 0.458 e. The zero-order valence-electron chi connectivity index (χ0n) is 23.4. The Kier molecular flexibility index (Phi) is 7.80. The van der Waals surface area contributed by atoms with E-state index in [0.717, 1.165) is 42.9 Å². The van der Waals surface area contributed by atoms with Crippen molar-refractivity contribution in [3.63, 3.8) is 0 Å². The van der Waals surface area contributed by atoms with Gasteiger partial charge in [-0.2, -0.15) is 0 Å². The molecule has 0 aliphatic heterocycles. The van der Waals surface area contributed by atoms with Crippen molar-refractivity contribution in [2.24, 2.45) is 46.3 Å². The van der Waals surface area contributed by atoms with Crippen LogP contribution in [0.4, 0.5) is 0 Å². The van der Waals surface area contributed by atoms with E-state index in [2.05, 4.69) is 40.7 Å². The highest BCUT2D eigenvalue weighted by atomic mass is 16.5. The average Bonchev–Trinajstić information content (AvgIpc) is 3.11. The maximum Gasteiger partial charge on any atom is 0.303 e. The summed E-state index contributed by atoms with van der Waals surface area (Å²) < 4.78 is 11.6. The quantitative estimate of drug-likeness (QED) is 0.276. The maximum absolute atomic E-state index is 12.2. The number of hydrogen-bond donors (Lipinski definition) is 0. The zero-order valence-corrected chi connectivity index (χ0v) is 23.4. The van der Waals surface area contributed by atoms with Gasteiger partial charge in [-0.05, 0) is 103 Å². The van der Waals surface area contributed by atoms with Crippen LogP contribution in [0.1, 0.15) is 113 Å². The molecule has 0 aromatic carbocycles. The predicted molar refractivity (Wildman–Crippen MR) is 140 cm³/mol. The SMILES string of the molecule is CC(=O)O[C@H]1C=C2[C@H](OC(C)=O)C[C@@H]3[C@H]4CC[C@H]([C@H](C)CCCC(C)C)[C@@]4(C)CC[C@H]3[C@@]2(C)CC1. The second kappa shape index (κ2) is 10.2. The molecule has 0 bridgehead atoms. The lowest BCUT2D eigenvalue weighted by molar-refractivity contribution is -0.155. The van der Waals surface area contributed by atoms with Crippen LogP contribution in [0, 0.1) is 46.3 Å². The fraction of sp³-hybridized carbons (Fsp3) is 0.871. The van der Waals surface area contributed by atoms with Crippen molar-refractivity contribution in [3.8, 4) is 0 Å². The molecule has 35 heavy (non-hydrogen) atoms. The van der Waals surface area contributed by atoms with E-state index in [1.54, 1.807) is 0 Å². The van der Waals surface area contributed by atoms with Gasteiger partial charge in [-0.25, -0.2) is 0 Å². The highest BCUT2D eigenvalue weighted by Gasteiger charge is 2.61. The van der Waals surface area contributed by atoms with Gasteiger partial charge in [0.25, 0.3) is 0 Å². The first-order valence-electron chi connectivity index (χ1n) is 14.5. The van der Waals surface area contributed by atoms with E-state index in [1.807, 2.05) is 0 Å². The summed E-state index contributed by atoms with van der Waals surface area (Å²) in [5.41, 5.74) is 1.67. The summed E-state index contributed by atoms with van der Waals surface area (Å²) in [6, 6.07) is 0. The Labute approximate surface area is 214 Å². The molecule has 3 fully saturated rings. The molecule has 4 aliphatic carbocycles. The van der Waals surface area contributed by atoms with E-state index in [0.29, 0.717) is 17.3 Å². The van der Waals surface area contributed by atoms with E-state index in [-0.39, 0.29) is 29.6 Å². The number of rotatable bonds is 7. The van der Waals surface area contributed by atoms with Crippen LogP contribution in [-0.2, 0) is 19.1 Å². The minimum Gasteiger partial charge on any atom is -0.458 e. The van der Waals surface area contributed by atoms with Crippen LogP contribution in [0.5, 0.6) is 0 Å². The predicted octanol–water partition coefficient (Wildman–Crippen LogP) is 7.50. The summed E-state index contributed by atoms with van der Waals surface area (Å²) >= 11 is 0. The van der Waals surface area contributed by atoms with E-state index in [4.69, 9.17) is 9.47 Å². The Morgan fingerprint density at radius 1 is 0.943 bits per heavy atom. The molecule has 0 radical (unpaired) electrons. The van der Waals surface area contributed by atoms with Crippen molar-refractivity contribution >= 4 is 11.9 Å². The van der Waals surface area contributed by atoms with Crippen molar-refractivity contribution in [2.75, 3.05) is 0 Å². The van der Waals surface area contributed by atoms with Gasteiger partial charge in [-0.15, -0.1) is 0 Å². The number of carbonyl (C=O) groups is 2. The maximum atomic E-state index is 12.2. The van der Waals surface area contributed by atoms with E-state index in [9.17, 15) is 9.59 Å². The second-order valence-electron chi connectivity index (χ2n) is 13.5. The number of ether oxygens (including phenoxy) is 2. The highest BCUT2D eigenvalue weighted by molar-refractivity contribution is 5.67. The van der Waals surface area contributed by atoms with Gasteiger partial charge in [0.1, 0.15) is 12.2 Å². The normalized spacial score (nSPS) is 41.3. The molecule has 0 aromatic heterocycles. The van der Waals surface area contributed by atoms with Crippen LogP contribution in [-0.4, -0.2) is 24.1 Å². The van der Waals surface area contributed by atoms with Gasteiger partial charge in [0.2, 0.25) is 0 Å². The number of carbonyl (C=O) groups excluding carboxylic acids is 2. The average molecular weight is 487 g/mol. The monoisotopic (exact) mass is 486 g/mol. The number of esters is 2. The van der Waals surface area contributed by atoms with E-state index in [1.165, 1.54) is 64.4 Å². The van der Waals surface area contributed by atoms with Gasteiger partial charge in [-0.1, -0.05) is 53.9 Å². The zero-order chi connectivity index (χ0) is 25.5. The second-order valence-corrected chi connectivity index (χ2v) is 13.5. The van der Waals surface area contributed by atoms with Crippen molar-refractivity contribution < 1.29 is 19.1 Å². The minimum atomic E-state index is -0.235. The van der Waals surface area contributed by atoms with Gasteiger partial charge in [0.15, 0.2) is 0 Å². The molecule has 198 valence electrons. The van der Waals surface area contributed by atoms with Gasteiger partial charge in [0.05, 0.1) is 0 Å². The number of hydrogen-bond acceptors (Lipinski definition) is 4.